The van der Waals surface area contributed by atoms with Crippen molar-refractivity contribution in [3.05, 3.63) is 59.4 Å². The Morgan fingerprint density at radius 2 is 1.75 bits per heavy atom. The standard InChI is InChI=1S/C17H18FN3O2.HI/c1-19-17(20-9-12-3-2-4-14(18)7-12)21-10-13-5-6-15-16(8-13)23-11-22-15;/h2-8H,9-11H2,1H3,(H2,19,20,21);1H. The maximum Gasteiger partial charge on any atom is 0.231 e. The zero-order valence-corrected chi connectivity index (χ0v) is 15.5. The number of fused-ring (bicyclic) bond motifs is 1. The smallest absolute Gasteiger partial charge is 0.231 e. The molecule has 1 heterocycles. The summed E-state index contributed by atoms with van der Waals surface area (Å²) in [4.78, 5) is 4.16. The minimum atomic E-state index is -0.243. The lowest BCUT2D eigenvalue weighted by molar-refractivity contribution is 0.174. The average Bonchev–Trinajstić information content (AvgIpc) is 3.03. The number of hydrogen-bond acceptors (Lipinski definition) is 3. The lowest BCUT2D eigenvalue weighted by atomic mass is 10.2. The zero-order valence-electron chi connectivity index (χ0n) is 13.2. The molecule has 0 saturated heterocycles. The zero-order chi connectivity index (χ0) is 16.1. The second-order valence-electron chi connectivity index (χ2n) is 5.10. The van der Waals surface area contributed by atoms with E-state index in [0.717, 1.165) is 22.6 Å². The summed E-state index contributed by atoms with van der Waals surface area (Å²) in [5.74, 6) is 1.92. The van der Waals surface area contributed by atoms with Crippen LogP contribution in [0.1, 0.15) is 11.1 Å². The van der Waals surface area contributed by atoms with Gasteiger partial charge < -0.3 is 20.1 Å². The van der Waals surface area contributed by atoms with Gasteiger partial charge in [0, 0.05) is 20.1 Å². The van der Waals surface area contributed by atoms with E-state index in [0.29, 0.717) is 19.0 Å². The Bertz CT molecular complexity index is 725. The molecule has 3 rings (SSSR count). The Balaban J connectivity index is 0.00000208. The fourth-order valence-electron chi connectivity index (χ4n) is 2.29. The van der Waals surface area contributed by atoms with Crippen molar-refractivity contribution in [2.45, 2.75) is 13.1 Å². The van der Waals surface area contributed by atoms with Crippen LogP contribution in [0.4, 0.5) is 4.39 Å². The molecule has 2 aromatic carbocycles. The summed E-state index contributed by atoms with van der Waals surface area (Å²) >= 11 is 0. The topological polar surface area (TPSA) is 54.9 Å². The molecule has 24 heavy (non-hydrogen) atoms. The van der Waals surface area contributed by atoms with Crippen molar-refractivity contribution in [1.82, 2.24) is 10.6 Å². The van der Waals surface area contributed by atoms with Crippen molar-refractivity contribution in [3.63, 3.8) is 0 Å². The van der Waals surface area contributed by atoms with Crippen LogP contribution in [0, 0.1) is 5.82 Å². The van der Waals surface area contributed by atoms with Gasteiger partial charge in [-0.05, 0) is 35.4 Å². The SMILES string of the molecule is CN=C(NCc1cccc(F)c1)NCc1ccc2c(c1)OCO2.I. The van der Waals surface area contributed by atoms with Gasteiger partial charge in [0.15, 0.2) is 17.5 Å². The third-order valence-corrected chi connectivity index (χ3v) is 3.47. The maximum absolute atomic E-state index is 13.2. The van der Waals surface area contributed by atoms with Crippen molar-refractivity contribution in [3.8, 4) is 11.5 Å². The van der Waals surface area contributed by atoms with E-state index in [1.807, 2.05) is 24.3 Å². The number of hydrogen-bond donors (Lipinski definition) is 2. The highest BCUT2D eigenvalue weighted by molar-refractivity contribution is 14.0. The molecule has 0 amide bonds. The fourth-order valence-corrected chi connectivity index (χ4v) is 2.29. The molecular weight excluding hydrogens is 424 g/mol. The predicted octanol–water partition coefficient (Wildman–Crippen LogP) is 3.04. The number of halogens is 2. The van der Waals surface area contributed by atoms with Gasteiger partial charge in [-0.3, -0.25) is 4.99 Å². The Morgan fingerprint density at radius 3 is 2.46 bits per heavy atom. The minimum Gasteiger partial charge on any atom is -0.454 e. The van der Waals surface area contributed by atoms with E-state index in [-0.39, 0.29) is 36.6 Å². The molecule has 0 aliphatic carbocycles. The molecule has 0 radical (unpaired) electrons. The first-order valence-corrected chi connectivity index (χ1v) is 7.32. The van der Waals surface area contributed by atoms with E-state index in [4.69, 9.17) is 9.47 Å². The van der Waals surface area contributed by atoms with Gasteiger partial charge in [-0.25, -0.2) is 4.39 Å². The Morgan fingerprint density at radius 1 is 1.04 bits per heavy atom. The van der Waals surface area contributed by atoms with Crippen molar-refractivity contribution in [1.29, 1.82) is 0 Å². The van der Waals surface area contributed by atoms with E-state index < -0.39 is 0 Å². The fraction of sp³-hybridized carbons (Fsp3) is 0.235. The lowest BCUT2D eigenvalue weighted by Crippen LogP contribution is -2.36. The Hall–Kier alpha value is -2.03. The summed E-state index contributed by atoms with van der Waals surface area (Å²) < 4.78 is 23.8. The highest BCUT2D eigenvalue weighted by atomic mass is 127. The van der Waals surface area contributed by atoms with Crippen LogP contribution in [-0.4, -0.2) is 19.8 Å². The van der Waals surface area contributed by atoms with Crippen molar-refractivity contribution in [2.24, 2.45) is 4.99 Å². The number of benzene rings is 2. The molecule has 7 heteroatoms. The number of rotatable bonds is 4. The molecule has 5 nitrogen and oxygen atoms in total. The largest absolute Gasteiger partial charge is 0.454 e. The van der Waals surface area contributed by atoms with E-state index in [2.05, 4.69) is 15.6 Å². The lowest BCUT2D eigenvalue weighted by Gasteiger charge is -2.12. The van der Waals surface area contributed by atoms with Gasteiger partial charge in [0.2, 0.25) is 6.79 Å². The van der Waals surface area contributed by atoms with Gasteiger partial charge in [-0.15, -0.1) is 24.0 Å². The summed E-state index contributed by atoms with van der Waals surface area (Å²) in [6.07, 6.45) is 0. The second kappa shape index (κ2) is 8.72. The molecule has 0 atom stereocenters. The van der Waals surface area contributed by atoms with E-state index >= 15 is 0 Å². The van der Waals surface area contributed by atoms with Crippen LogP contribution < -0.4 is 20.1 Å². The van der Waals surface area contributed by atoms with Crippen LogP contribution in [0.25, 0.3) is 0 Å². The third kappa shape index (κ3) is 4.73. The summed E-state index contributed by atoms with van der Waals surface area (Å²) in [5, 5.41) is 6.36. The number of ether oxygens (including phenoxy) is 2. The molecular formula is C17H19FIN3O2. The summed E-state index contributed by atoms with van der Waals surface area (Å²) in [6, 6.07) is 12.3. The van der Waals surface area contributed by atoms with Crippen LogP contribution in [0.5, 0.6) is 11.5 Å². The van der Waals surface area contributed by atoms with Crippen LogP contribution in [0.3, 0.4) is 0 Å². The second-order valence-corrected chi connectivity index (χ2v) is 5.10. The quantitative estimate of drug-likeness (QED) is 0.434. The summed E-state index contributed by atoms with van der Waals surface area (Å²) in [6.45, 7) is 1.36. The number of nitrogens with zero attached hydrogens (tertiary/aromatic N) is 1. The molecule has 0 fully saturated rings. The van der Waals surface area contributed by atoms with Crippen molar-refractivity contribution >= 4 is 29.9 Å². The average molecular weight is 443 g/mol. The first-order valence-electron chi connectivity index (χ1n) is 7.32. The molecule has 128 valence electrons. The van der Waals surface area contributed by atoms with Crippen LogP contribution in [-0.2, 0) is 13.1 Å². The molecule has 0 spiro atoms. The molecule has 0 aromatic heterocycles. The van der Waals surface area contributed by atoms with Crippen molar-refractivity contribution < 1.29 is 13.9 Å². The number of guanidine groups is 1. The van der Waals surface area contributed by atoms with Gasteiger partial charge in [0.25, 0.3) is 0 Å². The normalized spacial score (nSPS) is 12.5. The molecule has 2 N–H and O–H groups in total. The predicted molar refractivity (Wildman–Crippen MR) is 101 cm³/mol. The first-order chi connectivity index (χ1) is 11.2. The van der Waals surface area contributed by atoms with Gasteiger partial charge in [0.1, 0.15) is 5.82 Å². The number of aliphatic imine (C=N–C) groups is 1. The van der Waals surface area contributed by atoms with E-state index in [1.54, 1.807) is 13.1 Å². The molecule has 0 saturated carbocycles. The van der Waals surface area contributed by atoms with E-state index in [9.17, 15) is 4.39 Å². The van der Waals surface area contributed by atoms with Gasteiger partial charge in [0.05, 0.1) is 0 Å². The maximum atomic E-state index is 13.2. The van der Waals surface area contributed by atoms with Gasteiger partial charge in [-0.1, -0.05) is 18.2 Å². The summed E-state index contributed by atoms with van der Waals surface area (Å²) in [5.41, 5.74) is 1.92. The highest BCUT2D eigenvalue weighted by Gasteiger charge is 2.13. The van der Waals surface area contributed by atoms with Crippen LogP contribution in [0.15, 0.2) is 47.5 Å². The molecule has 0 unspecified atom stereocenters. The Labute approximate surface area is 157 Å². The van der Waals surface area contributed by atoms with Gasteiger partial charge >= 0.3 is 0 Å². The van der Waals surface area contributed by atoms with E-state index in [1.165, 1.54) is 12.1 Å². The summed E-state index contributed by atoms with van der Waals surface area (Å²) in [7, 11) is 1.69. The minimum absolute atomic E-state index is 0. The molecule has 0 bridgehead atoms. The number of nitrogens with one attached hydrogen (secondary N) is 2. The Kier molecular flexibility index (Phi) is 6.65. The van der Waals surface area contributed by atoms with Crippen molar-refractivity contribution in [2.75, 3.05) is 13.8 Å². The molecule has 1 aliphatic rings. The monoisotopic (exact) mass is 443 g/mol. The first kappa shape index (κ1) is 18.3. The van der Waals surface area contributed by atoms with Gasteiger partial charge in [-0.2, -0.15) is 0 Å². The van der Waals surface area contributed by atoms with Crippen LogP contribution in [0.2, 0.25) is 0 Å². The highest BCUT2D eigenvalue weighted by Crippen LogP contribution is 2.32. The van der Waals surface area contributed by atoms with Crippen LogP contribution >= 0.6 is 24.0 Å². The third-order valence-electron chi connectivity index (χ3n) is 3.47. The molecule has 1 aliphatic heterocycles. The molecule has 2 aromatic rings.